The van der Waals surface area contributed by atoms with E-state index >= 15 is 0 Å². The fourth-order valence-electron chi connectivity index (χ4n) is 1.62. The van der Waals surface area contributed by atoms with E-state index in [4.69, 9.17) is 5.73 Å². The van der Waals surface area contributed by atoms with E-state index in [0.29, 0.717) is 0 Å². The van der Waals surface area contributed by atoms with Crippen molar-refractivity contribution >= 4 is 5.91 Å². The van der Waals surface area contributed by atoms with Crippen molar-refractivity contribution in [2.24, 2.45) is 11.7 Å². The lowest BCUT2D eigenvalue weighted by molar-refractivity contribution is -0.137. The zero-order valence-electron chi connectivity index (χ0n) is 10.8. The number of nitrogens with two attached hydrogens (primary N) is 1. The van der Waals surface area contributed by atoms with Gasteiger partial charge in [-0.1, -0.05) is 20.8 Å². The van der Waals surface area contributed by atoms with Crippen molar-refractivity contribution in [2.75, 3.05) is 13.1 Å². The summed E-state index contributed by atoms with van der Waals surface area (Å²) in [7, 11) is 0. The monoisotopic (exact) mass is 214 g/mol. The van der Waals surface area contributed by atoms with Gasteiger partial charge in [0.05, 0.1) is 5.54 Å². The van der Waals surface area contributed by atoms with Crippen LogP contribution in [0.2, 0.25) is 0 Å². The predicted molar refractivity (Wildman–Crippen MR) is 64.6 cm³/mol. The molecule has 1 aliphatic rings. The average Bonchev–Trinajstić information content (AvgIpc) is 2.20. The SMILES string of the molecule is CC.CC1CCN(C(=O)C(C)(C)N)CC1. The minimum Gasteiger partial charge on any atom is -0.341 e. The number of hydrogen-bond donors (Lipinski definition) is 1. The quantitative estimate of drug-likeness (QED) is 0.726. The van der Waals surface area contributed by atoms with Crippen LogP contribution in [0.15, 0.2) is 0 Å². The van der Waals surface area contributed by atoms with E-state index in [0.717, 1.165) is 31.8 Å². The molecular formula is C12H26N2O. The fourth-order valence-corrected chi connectivity index (χ4v) is 1.62. The van der Waals surface area contributed by atoms with Crippen LogP contribution in [0.1, 0.15) is 47.5 Å². The number of piperidine rings is 1. The summed E-state index contributed by atoms with van der Waals surface area (Å²) in [6.07, 6.45) is 2.23. The number of hydrogen-bond acceptors (Lipinski definition) is 2. The van der Waals surface area contributed by atoms with E-state index < -0.39 is 5.54 Å². The molecule has 1 saturated heterocycles. The first-order chi connectivity index (χ1) is 6.91. The van der Waals surface area contributed by atoms with Gasteiger partial charge < -0.3 is 10.6 Å². The molecule has 0 bridgehead atoms. The Kier molecular flexibility index (Phi) is 5.88. The normalized spacial score (nSPS) is 18.1. The summed E-state index contributed by atoms with van der Waals surface area (Å²) < 4.78 is 0. The Bertz CT molecular complexity index is 188. The third kappa shape index (κ3) is 4.65. The summed E-state index contributed by atoms with van der Waals surface area (Å²) in [5.41, 5.74) is 5.05. The first kappa shape index (κ1) is 14.4. The van der Waals surface area contributed by atoms with Crippen molar-refractivity contribution in [1.82, 2.24) is 4.90 Å². The van der Waals surface area contributed by atoms with Gasteiger partial charge >= 0.3 is 0 Å². The van der Waals surface area contributed by atoms with Crippen LogP contribution in [0.25, 0.3) is 0 Å². The molecule has 1 rings (SSSR count). The maximum absolute atomic E-state index is 11.7. The predicted octanol–water partition coefficient (Wildman–Crippen LogP) is 2.01. The molecule has 0 aromatic rings. The van der Waals surface area contributed by atoms with Gasteiger partial charge in [0, 0.05) is 13.1 Å². The Balaban J connectivity index is 0.000000921. The van der Waals surface area contributed by atoms with E-state index in [1.807, 2.05) is 18.7 Å². The molecule has 90 valence electrons. The number of likely N-dealkylation sites (tertiary alicyclic amines) is 1. The summed E-state index contributed by atoms with van der Waals surface area (Å²) >= 11 is 0. The molecule has 0 spiro atoms. The van der Waals surface area contributed by atoms with Crippen LogP contribution in [0.5, 0.6) is 0 Å². The molecular weight excluding hydrogens is 188 g/mol. The Morgan fingerprint density at radius 3 is 2.00 bits per heavy atom. The van der Waals surface area contributed by atoms with Gasteiger partial charge in [0.25, 0.3) is 0 Å². The van der Waals surface area contributed by atoms with Crippen molar-refractivity contribution < 1.29 is 4.79 Å². The highest BCUT2D eigenvalue weighted by molar-refractivity contribution is 5.85. The minimum atomic E-state index is -0.708. The largest absolute Gasteiger partial charge is 0.341 e. The highest BCUT2D eigenvalue weighted by Crippen LogP contribution is 2.18. The Labute approximate surface area is 94.0 Å². The topological polar surface area (TPSA) is 46.3 Å². The molecule has 0 aromatic heterocycles. The van der Waals surface area contributed by atoms with Crippen molar-refractivity contribution in [2.45, 2.75) is 53.0 Å². The van der Waals surface area contributed by atoms with Crippen LogP contribution in [0, 0.1) is 5.92 Å². The van der Waals surface area contributed by atoms with E-state index in [1.54, 1.807) is 13.8 Å². The van der Waals surface area contributed by atoms with Crippen molar-refractivity contribution in [3.63, 3.8) is 0 Å². The molecule has 1 amide bonds. The molecule has 0 atom stereocenters. The summed E-state index contributed by atoms with van der Waals surface area (Å²) in [6.45, 7) is 11.5. The van der Waals surface area contributed by atoms with Gasteiger partial charge in [0.2, 0.25) is 5.91 Å². The molecule has 3 nitrogen and oxygen atoms in total. The molecule has 3 heteroatoms. The van der Waals surface area contributed by atoms with Crippen LogP contribution in [-0.4, -0.2) is 29.4 Å². The Morgan fingerprint density at radius 2 is 1.67 bits per heavy atom. The lowest BCUT2D eigenvalue weighted by atomic mass is 9.96. The van der Waals surface area contributed by atoms with Crippen molar-refractivity contribution in [1.29, 1.82) is 0 Å². The second-order valence-electron chi connectivity index (χ2n) is 4.70. The van der Waals surface area contributed by atoms with Gasteiger partial charge in [-0.15, -0.1) is 0 Å². The molecule has 0 aliphatic carbocycles. The molecule has 2 N–H and O–H groups in total. The van der Waals surface area contributed by atoms with Crippen LogP contribution in [0.4, 0.5) is 0 Å². The molecule has 0 saturated carbocycles. The van der Waals surface area contributed by atoms with Gasteiger partial charge in [-0.05, 0) is 32.6 Å². The van der Waals surface area contributed by atoms with E-state index in [2.05, 4.69) is 6.92 Å². The van der Waals surface area contributed by atoms with E-state index in [1.165, 1.54) is 0 Å². The lowest BCUT2D eigenvalue weighted by Gasteiger charge is -2.34. The van der Waals surface area contributed by atoms with Gasteiger partial charge in [-0.3, -0.25) is 4.79 Å². The number of carbonyl (C=O) groups excluding carboxylic acids is 1. The molecule has 1 aliphatic heterocycles. The first-order valence-electron chi connectivity index (χ1n) is 5.99. The van der Waals surface area contributed by atoms with E-state index in [-0.39, 0.29) is 5.91 Å². The van der Waals surface area contributed by atoms with E-state index in [9.17, 15) is 4.79 Å². The number of amides is 1. The average molecular weight is 214 g/mol. The minimum absolute atomic E-state index is 0.0828. The third-order valence-electron chi connectivity index (χ3n) is 2.62. The molecule has 0 unspecified atom stereocenters. The highest BCUT2D eigenvalue weighted by Gasteiger charge is 2.29. The van der Waals surface area contributed by atoms with Crippen LogP contribution in [0.3, 0.4) is 0 Å². The van der Waals surface area contributed by atoms with Gasteiger partial charge in [-0.25, -0.2) is 0 Å². The number of carbonyl (C=O) groups is 1. The smallest absolute Gasteiger partial charge is 0.242 e. The van der Waals surface area contributed by atoms with Crippen LogP contribution in [-0.2, 0) is 4.79 Å². The number of nitrogens with zero attached hydrogens (tertiary/aromatic N) is 1. The third-order valence-corrected chi connectivity index (χ3v) is 2.62. The number of rotatable bonds is 1. The Morgan fingerprint density at radius 1 is 1.27 bits per heavy atom. The Hall–Kier alpha value is -0.570. The standard InChI is InChI=1S/C10H20N2O.C2H6/c1-8-4-6-12(7-5-8)9(13)10(2,3)11;1-2/h8H,4-7,11H2,1-3H3;1-2H3. The van der Waals surface area contributed by atoms with Gasteiger partial charge in [0.15, 0.2) is 0 Å². The molecule has 1 heterocycles. The maximum atomic E-state index is 11.7. The summed E-state index contributed by atoms with van der Waals surface area (Å²) in [5.74, 6) is 0.837. The first-order valence-corrected chi connectivity index (χ1v) is 5.99. The lowest BCUT2D eigenvalue weighted by Crippen LogP contribution is -2.53. The highest BCUT2D eigenvalue weighted by atomic mass is 16.2. The summed E-state index contributed by atoms with van der Waals surface area (Å²) in [4.78, 5) is 13.6. The second-order valence-corrected chi connectivity index (χ2v) is 4.70. The molecule has 0 aromatic carbocycles. The summed E-state index contributed by atoms with van der Waals surface area (Å²) in [6, 6.07) is 0. The molecule has 1 fully saturated rings. The summed E-state index contributed by atoms with van der Waals surface area (Å²) in [5, 5.41) is 0. The molecule has 0 radical (unpaired) electrons. The fraction of sp³-hybridized carbons (Fsp3) is 0.917. The second kappa shape index (κ2) is 6.11. The zero-order chi connectivity index (χ0) is 12.1. The van der Waals surface area contributed by atoms with Crippen LogP contribution < -0.4 is 5.73 Å². The van der Waals surface area contributed by atoms with Gasteiger partial charge in [-0.2, -0.15) is 0 Å². The molecule has 15 heavy (non-hydrogen) atoms. The zero-order valence-corrected chi connectivity index (χ0v) is 10.8. The maximum Gasteiger partial charge on any atom is 0.242 e. The van der Waals surface area contributed by atoms with Gasteiger partial charge in [0.1, 0.15) is 0 Å². The van der Waals surface area contributed by atoms with Crippen molar-refractivity contribution in [3.8, 4) is 0 Å². The van der Waals surface area contributed by atoms with Crippen molar-refractivity contribution in [3.05, 3.63) is 0 Å². The van der Waals surface area contributed by atoms with Crippen LogP contribution >= 0.6 is 0 Å².